The summed E-state index contributed by atoms with van der Waals surface area (Å²) in [6.45, 7) is 0. The summed E-state index contributed by atoms with van der Waals surface area (Å²) in [6, 6.07) is 9.43. The van der Waals surface area contributed by atoms with Crippen LogP contribution in [0.1, 0.15) is 0 Å². The lowest BCUT2D eigenvalue weighted by molar-refractivity contribution is 0.416. The SMILES string of the molecule is COc1ccccc1-c1cc(N)nc(N(C)C)n1. The third-order valence-corrected chi connectivity index (χ3v) is 2.52. The highest BCUT2D eigenvalue weighted by atomic mass is 16.5. The molecule has 94 valence electrons. The van der Waals surface area contributed by atoms with Gasteiger partial charge in [-0.1, -0.05) is 12.1 Å². The molecule has 0 aliphatic rings. The van der Waals surface area contributed by atoms with Crippen LogP contribution in [-0.2, 0) is 0 Å². The van der Waals surface area contributed by atoms with Crippen molar-refractivity contribution >= 4 is 11.8 Å². The van der Waals surface area contributed by atoms with E-state index >= 15 is 0 Å². The van der Waals surface area contributed by atoms with E-state index in [1.807, 2.05) is 43.3 Å². The van der Waals surface area contributed by atoms with Crippen LogP contribution in [-0.4, -0.2) is 31.2 Å². The molecule has 2 rings (SSSR count). The van der Waals surface area contributed by atoms with Crippen molar-refractivity contribution in [1.82, 2.24) is 9.97 Å². The molecule has 1 aromatic carbocycles. The van der Waals surface area contributed by atoms with Crippen LogP contribution in [0.4, 0.5) is 11.8 Å². The number of benzene rings is 1. The Labute approximate surface area is 106 Å². The van der Waals surface area contributed by atoms with Crippen LogP contribution in [0.2, 0.25) is 0 Å². The first-order valence-electron chi connectivity index (χ1n) is 5.57. The smallest absolute Gasteiger partial charge is 0.227 e. The van der Waals surface area contributed by atoms with E-state index < -0.39 is 0 Å². The van der Waals surface area contributed by atoms with Crippen LogP contribution in [0.25, 0.3) is 11.3 Å². The maximum Gasteiger partial charge on any atom is 0.227 e. The Balaban J connectivity index is 2.56. The van der Waals surface area contributed by atoms with Gasteiger partial charge < -0.3 is 15.4 Å². The number of ether oxygens (including phenoxy) is 1. The summed E-state index contributed by atoms with van der Waals surface area (Å²) in [5.74, 6) is 1.78. The molecule has 5 heteroatoms. The van der Waals surface area contributed by atoms with E-state index in [0.717, 1.165) is 17.0 Å². The number of nitrogens with two attached hydrogens (primary N) is 1. The molecule has 0 spiro atoms. The van der Waals surface area contributed by atoms with Crippen molar-refractivity contribution in [2.45, 2.75) is 0 Å². The summed E-state index contributed by atoms with van der Waals surface area (Å²) in [4.78, 5) is 10.4. The monoisotopic (exact) mass is 244 g/mol. The third-order valence-electron chi connectivity index (χ3n) is 2.52. The quantitative estimate of drug-likeness (QED) is 0.892. The zero-order chi connectivity index (χ0) is 13.1. The van der Waals surface area contributed by atoms with Crippen molar-refractivity contribution in [3.8, 4) is 17.0 Å². The van der Waals surface area contributed by atoms with Gasteiger partial charge in [0.05, 0.1) is 12.8 Å². The van der Waals surface area contributed by atoms with Crippen molar-refractivity contribution in [3.63, 3.8) is 0 Å². The minimum absolute atomic E-state index is 0.439. The molecule has 0 amide bonds. The molecule has 1 heterocycles. The normalized spacial score (nSPS) is 10.2. The molecule has 0 fully saturated rings. The van der Waals surface area contributed by atoms with Gasteiger partial charge in [0.15, 0.2) is 0 Å². The number of rotatable bonds is 3. The van der Waals surface area contributed by atoms with Gasteiger partial charge >= 0.3 is 0 Å². The first-order chi connectivity index (χ1) is 8.61. The zero-order valence-corrected chi connectivity index (χ0v) is 10.7. The van der Waals surface area contributed by atoms with E-state index in [1.165, 1.54) is 0 Å². The number of nitrogens with zero attached hydrogens (tertiary/aromatic N) is 3. The molecule has 0 unspecified atom stereocenters. The maximum atomic E-state index is 5.81. The zero-order valence-electron chi connectivity index (χ0n) is 10.7. The van der Waals surface area contributed by atoms with E-state index in [1.54, 1.807) is 13.2 Å². The van der Waals surface area contributed by atoms with Crippen molar-refractivity contribution in [2.75, 3.05) is 31.8 Å². The largest absolute Gasteiger partial charge is 0.496 e. The molecule has 0 saturated carbocycles. The van der Waals surface area contributed by atoms with Crippen molar-refractivity contribution in [2.24, 2.45) is 0 Å². The van der Waals surface area contributed by atoms with Gasteiger partial charge in [0.25, 0.3) is 0 Å². The van der Waals surface area contributed by atoms with Gasteiger partial charge in [0.2, 0.25) is 5.95 Å². The van der Waals surface area contributed by atoms with Crippen molar-refractivity contribution in [1.29, 1.82) is 0 Å². The number of hydrogen-bond donors (Lipinski definition) is 1. The fraction of sp³-hybridized carbons (Fsp3) is 0.231. The van der Waals surface area contributed by atoms with Crippen LogP contribution in [0.15, 0.2) is 30.3 Å². The number of anilines is 2. The Morgan fingerprint density at radius 3 is 2.56 bits per heavy atom. The van der Waals surface area contributed by atoms with Crippen LogP contribution in [0.3, 0.4) is 0 Å². The van der Waals surface area contributed by atoms with E-state index in [-0.39, 0.29) is 0 Å². The van der Waals surface area contributed by atoms with Gasteiger partial charge in [-0.25, -0.2) is 4.98 Å². The van der Waals surface area contributed by atoms with E-state index in [4.69, 9.17) is 10.5 Å². The number of para-hydroxylation sites is 1. The molecule has 0 radical (unpaired) electrons. The molecule has 2 N–H and O–H groups in total. The number of aromatic nitrogens is 2. The lowest BCUT2D eigenvalue weighted by atomic mass is 10.1. The van der Waals surface area contributed by atoms with Crippen LogP contribution < -0.4 is 15.4 Å². The second kappa shape index (κ2) is 4.91. The maximum absolute atomic E-state index is 5.81. The highest BCUT2D eigenvalue weighted by molar-refractivity contribution is 5.70. The summed E-state index contributed by atoms with van der Waals surface area (Å²) < 4.78 is 5.33. The van der Waals surface area contributed by atoms with Crippen LogP contribution in [0.5, 0.6) is 5.75 Å². The van der Waals surface area contributed by atoms with Gasteiger partial charge in [-0.2, -0.15) is 4.98 Å². The number of methoxy groups -OCH3 is 1. The summed E-state index contributed by atoms with van der Waals surface area (Å²) >= 11 is 0. The molecule has 18 heavy (non-hydrogen) atoms. The first-order valence-corrected chi connectivity index (χ1v) is 5.57. The lowest BCUT2D eigenvalue weighted by Gasteiger charge is -2.13. The topological polar surface area (TPSA) is 64.3 Å². The minimum Gasteiger partial charge on any atom is -0.496 e. The Kier molecular flexibility index (Phi) is 3.32. The highest BCUT2D eigenvalue weighted by Crippen LogP contribution is 2.29. The summed E-state index contributed by atoms with van der Waals surface area (Å²) in [7, 11) is 5.39. The number of nitrogen functional groups attached to an aromatic ring is 1. The molecule has 0 aliphatic carbocycles. The molecule has 0 saturated heterocycles. The second-order valence-corrected chi connectivity index (χ2v) is 4.07. The summed E-state index contributed by atoms with van der Waals surface area (Å²) in [6.07, 6.45) is 0. The Hall–Kier alpha value is -2.30. The molecule has 5 nitrogen and oxygen atoms in total. The predicted octanol–water partition coefficient (Wildman–Crippen LogP) is 1.80. The summed E-state index contributed by atoms with van der Waals surface area (Å²) in [5, 5.41) is 0. The van der Waals surface area contributed by atoms with E-state index in [2.05, 4.69) is 9.97 Å². The van der Waals surface area contributed by atoms with Gasteiger partial charge in [0, 0.05) is 25.7 Å². The Morgan fingerprint density at radius 2 is 1.89 bits per heavy atom. The second-order valence-electron chi connectivity index (χ2n) is 4.07. The fourth-order valence-electron chi connectivity index (χ4n) is 1.65. The molecule has 1 aromatic heterocycles. The van der Waals surface area contributed by atoms with Gasteiger partial charge in [-0.05, 0) is 12.1 Å². The minimum atomic E-state index is 0.439. The molecule has 2 aromatic rings. The molecule has 0 aliphatic heterocycles. The lowest BCUT2D eigenvalue weighted by Crippen LogP contribution is -2.14. The van der Waals surface area contributed by atoms with Crippen molar-refractivity contribution < 1.29 is 4.74 Å². The first kappa shape index (κ1) is 12.2. The third kappa shape index (κ3) is 2.34. The Morgan fingerprint density at radius 1 is 1.17 bits per heavy atom. The summed E-state index contributed by atoms with van der Waals surface area (Å²) in [5.41, 5.74) is 7.46. The molecular formula is C13H16N4O. The molecule has 0 atom stereocenters. The number of hydrogen-bond acceptors (Lipinski definition) is 5. The predicted molar refractivity (Wildman–Crippen MR) is 72.8 cm³/mol. The highest BCUT2D eigenvalue weighted by Gasteiger charge is 2.10. The van der Waals surface area contributed by atoms with Crippen LogP contribution >= 0.6 is 0 Å². The van der Waals surface area contributed by atoms with Gasteiger partial charge in [0.1, 0.15) is 11.6 Å². The Bertz CT molecular complexity index is 554. The van der Waals surface area contributed by atoms with Crippen molar-refractivity contribution in [3.05, 3.63) is 30.3 Å². The van der Waals surface area contributed by atoms with Crippen LogP contribution in [0, 0.1) is 0 Å². The van der Waals surface area contributed by atoms with E-state index in [0.29, 0.717) is 11.8 Å². The van der Waals surface area contributed by atoms with E-state index in [9.17, 15) is 0 Å². The van der Waals surface area contributed by atoms with Gasteiger partial charge in [-0.3, -0.25) is 0 Å². The fourth-order valence-corrected chi connectivity index (χ4v) is 1.65. The molecule has 0 bridgehead atoms. The average Bonchev–Trinajstić information content (AvgIpc) is 2.38. The average molecular weight is 244 g/mol. The van der Waals surface area contributed by atoms with Gasteiger partial charge in [-0.15, -0.1) is 0 Å². The standard InChI is InChI=1S/C13H16N4O/c1-17(2)13-15-10(8-12(14)16-13)9-6-4-5-7-11(9)18-3/h4-8H,1-3H3,(H2,14,15,16). The molecular weight excluding hydrogens is 228 g/mol.